The molecular weight excluding hydrogens is 1310 g/mol. The molecule has 100 heavy (non-hydrogen) atoms. The van der Waals surface area contributed by atoms with Crippen LogP contribution in [0.1, 0.15) is 349 Å². The lowest BCUT2D eigenvalue weighted by atomic mass is 10.1. The van der Waals surface area contributed by atoms with Crippen molar-refractivity contribution in [2.45, 2.75) is 367 Å². The Morgan fingerprint density at radius 3 is 0.770 bits per heavy atom. The third-order valence-corrected chi connectivity index (χ3v) is 18.7. The molecule has 0 aromatic heterocycles. The molecule has 0 aliphatic rings. The van der Waals surface area contributed by atoms with Crippen molar-refractivity contribution in [3.63, 3.8) is 0 Å². The molecule has 0 saturated heterocycles. The predicted molar refractivity (Wildman–Crippen MR) is 409 cm³/mol. The number of esters is 4. The zero-order valence-electron chi connectivity index (χ0n) is 63.4. The van der Waals surface area contributed by atoms with Crippen molar-refractivity contribution in [3.8, 4) is 0 Å². The number of phosphoric acid groups is 2. The maximum Gasteiger partial charge on any atom is 0.472 e. The SMILES string of the molecule is CCCCCC=CCC=CCCCCCCCC(=O)OCC(COP(=O)(O)OCC(O)COP(=O)(O)OCC(COC(=O)CCCCCCCC=CCC=CCCCCC)OC(=O)CCCCCCCCCC=CCCCCCC)OC(=O)CCCCCCCC=CCC=CCCCCC. The van der Waals surface area contributed by atoms with E-state index in [0.29, 0.717) is 25.7 Å². The summed E-state index contributed by atoms with van der Waals surface area (Å²) < 4.78 is 68.6. The molecule has 0 aliphatic carbocycles. The summed E-state index contributed by atoms with van der Waals surface area (Å²) in [7, 11) is -9.96. The molecule has 0 saturated carbocycles. The number of carbonyl (C=O) groups is 4. The first-order chi connectivity index (χ1) is 48.7. The first-order valence-corrected chi connectivity index (χ1v) is 42.8. The normalized spacial score (nSPS) is 14.3. The van der Waals surface area contributed by atoms with Crippen LogP contribution < -0.4 is 0 Å². The van der Waals surface area contributed by atoms with Crippen molar-refractivity contribution in [2.24, 2.45) is 0 Å². The second-order valence-corrected chi connectivity index (χ2v) is 29.5. The molecule has 19 heteroatoms. The van der Waals surface area contributed by atoms with Gasteiger partial charge in [0.15, 0.2) is 12.2 Å². The van der Waals surface area contributed by atoms with Crippen LogP contribution in [-0.2, 0) is 65.4 Å². The van der Waals surface area contributed by atoms with Gasteiger partial charge in [-0.2, -0.15) is 0 Å². The molecule has 0 aromatic carbocycles. The fraction of sp³-hybridized carbons (Fsp3) is 0.778. The highest BCUT2D eigenvalue weighted by molar-refractivity contribution is 7.47. The zero-order valence-corrected chi connectivity index (χ0v) is 65.2. The van der Waals surface area contributed by atoms with Gasteiger partial charge < -0.3 is 33.8 Å². The minimum atomic E-state index is -4.98. The van der Waals surface area contributed by atoms with Gasteiger partial charge in [-0.15, -0.1) is 0 Å². The molecule has 0 aromatic rings. The van der Waals surface area contributed by atoms with Crippen molar-refractivity contribution in [3.05, 3.63) is 85.1 Å². The Balaban J connectivity index is 5.38. The van der Waals surface area contributed by atoms with Gasteiger partial charge in [0.1, 0.15) is 19.3 Å². The largest absolute Gasteiger partial charge is 0.472 e. The quantitative estimate of drug-likeness (QED) is 0.0169. The Morgan fingerprint density at radius 1 is 0.280 bits per heavy atom. The van der Waals surface area contributed by atoms with Gasteiger partial charge in [0.05, 0.1) is 26.4 Å². The fourth-order valence-electron chi connectivity index (χ4n) is 10.7. The lowest BCUT2D eigenvalue weighted by Crippen LogP contribution is -2.30. The van der Waals surface area contributed by atoms with Gasteiger partial charge in [0.25, 0.3) is 0 Å². The summed E-state index contributed by atoms with van der Waals surface area (Å²) in [4.78, 5) is 73.0. The summed E-state index contributed by atoms with van der Waals surface area (Å²) in [6.07, 6.45) is 75.5. The number of allylic oxidation sites excluding steroid dienone is 14. The van der Waals surface area contributed by atoms with Gasteiger partial charge in [-0.05, 0) is 148 Å². The number of unbranched alkanes of at least 4 members (excludes halogenated alkanes) is 35. The number of ether oxygens (including phenoxy) is 4. The van der Waals surface area contributed by atoms with Crippen LogP contribution in [0.15, 0.2) is 85.1 Å². The zero-order chi connectivity index (χ0) is 73.2. The maximum atomic E-state index is 13.1. The van der Waals surface area contributed by atoms with Crippen LogP contribution in [0, 0.1) is 0 Å². The highest BCUT2D eigenvalue weighted by Gasteiger charge is 2.30. The van der Waals surface area contributed by atoms with E-state index in [1.165, 1.54) is 83.5 Å². The molecule has 5 unspecified atom stereocenters. The molecule has 0 spiro atoms. The molecule has 0 rings (SSSR count). The van der Waals surface area contributed by atoms with Crippen molar-refractivity contribution >= 4 is 39.5 Å². The smallest absolute Gasteiger partial charge is 0.462 e. The molecule has 0 bridgehead atoms. The van der Waals surface area contributed by atoms with E-state index in [1.54, 1.807) is 0 Å². The Bertz CT molecular complexity index is 2230. The Labute approximate surface area is 608 Å². The van der Waals surface area contributed by atoms with Crippen LogP contribution >= 0.6 is 15.6 Å². The summed E-state index contributed by atoms with van der Waals surface area (Å²) >= 11 is 0. The third kappa shape index (κ3) is 72.6. The maximum absolute atomic E-state index is 13.1. The average Bonchev–Trinajstić information content (AvgIpc) is 1.01. The van der Waals surface area contributed by atoms with Crippen molar-refractivity contribution in [1.82, 2.24) is 0 Å². The number of aliphatic hydroxyl groups excluding tert-OH is 1. The van der Waals surface area contributed by atoms with E-state index < -0.39 is 97.5 Å². The highest BCUT2D eigenvalue weighted by Crippen LogP contribution is 2.45. The summed E-state index contributed by atoms with van der Waals surface area (Å²) in [5, 5.41) is 10.6. The summed E-state index contributed by atoms with van der Waals surface area (Å²) in [5.41, 5.74) is 0. The Hall–Kier alpha value is -3.76. The predicted octanol–water partition coefficient (Wildman–Crippen LogP) is 23.0. The first kappa shape index (κ1) is 96.2. The Kier molecular flexibility index (Phi) is 70.8. The minimum absolute atomic E-state index is 0.0770. The van der Waals surface area contributed by atoms with Crippen LogP contribution in [0.2, 0.25) is 0 Å². The molecule has 5 atom stereocenters. The number of aliphatic hydroxyl groups is 1. The van der Waals surface area contributed by atoms with Gasteiger partial charge in [0, 0.05) is 25.7 Å². The summed E-state index contributed by atoms with van der Waals surface area (Å²) in [5.74, 6) is -2.21. The van der Waals surface area contributed by atoms with Gasteiger partial charge in [0.2, 0.25) is 0 Å². The molecule has 0 fully saturated rings. The lowest BCUT2D eigenvalue weighted by molar-refractivity contribution is -0.161. The standard InChI is InChI=1S/C81H144O17P2/c1-5-9-13-17-21-25-29-33-37-41-45-49-53-57-61-65-78(83)91-71-76(97-80(85)67-63-59-55-51-47-43-39-35-31-27-23-19-15-11-7-3)73-95-99(87,88)93-69-75(82)70-94-100(89,90)96-74-77(98-81(86)68-64-60-56-52-48-44-40-36-32-28-24-20-16-12-8-4)72-92-79(84)66-62-58-54-50-46-42-38-34-30-26-22-18-14-10-6-2/h21-23,25-28,32-35,37-39,75-77,82H,5-20,24,29-31,36,40-74H2,1-4H3,(H,87,88)(H,89,90). The van der Waals surface area contributed by atoms with Crippen LogP contribution in [-0.4, -0.2) is 96.7 Å². The van der Waals surface area contributed by atoms with E-state index in [-0.39, 0.29) is 25.7 Å². The highest BCUT2D eigenvalue weighted by atomic mass is 31.2. The minimum Gasteiger partial charge on any atom is -0.462 e. The van der Waals surface area contributed by atoms with E-state index in [2.05, 4.69) is 113 Å². The fourth-order valence-corrected chi connectivity index (χ4v) is 12.2. The molecule has 3 N–H and O–H groups in total. The molecule has 0 radical (unpaired) electrons. The number of carbonyl (C=O) groups excluding carboxylic acids is 4. The molecule has 17 nitrogen and oxygen atoms in total. The third-order valence-electron chi connectivity index (χ3n) is 16.8. The summed E-state index contributed by atoms with van der Waals surface area (Å²) in [6, 6.07) is 0. The van der Waals surface area contributed by atoms with Crippen LogP contribution in [0.3, 0.4) is 0 Å². The average molecular weight is 1450 g/mol. The second-order valence-electron chi connectivity index (χ2n) is 26.6. The van der Waals surface area contributed by atoms with E-state index >= 15 is 0 Å². The molecule has 0 heterocycles. The molecular formula is C81H144O17P2. The van der Waals surface area contributed by atoms with Crippen LogP contribution in [0.4, 0.5) is 0 Å². The molecule has 0 amide bonds. The monoisotopic (exact) mass is 1450 g/mol. The number of hydrogen-bond acceptors (Lipinski definition) is 15. The number of hydrogen-bond donors (Lipinski definition) is 3. The van der Waals surface area contributed by atoms with Crippen molar-refractivity contribution in [2.75, 3.05) is 39.6 Å². The van der Waals surface area contributed by atoms with E-state index in [1.807, 2.05) is 0 Å². The molecule has 0 aliphatic heterocycles. The van der Waals surface area contributed by atoms with Gasteiger partial charge in [-0.1, -0.05) is 260 Å². The van der Waals surface area contributed by atoms with E-state index in [9.17, 15) is 43.2 Å². The Morgan fingerprint density at radius 2 is 0.490 bits per heavy atom. The van der Waals surface area contributed by atoms with Crippen LogP contribution in [0.25, 0.3) is 0 Å². The van der Waals surface area contributed by atoms with Gasteiger partial charge >= 0.3 is 39.5 Å². The van der Waals surface area contributed by atoms with E-state index in [4.69, 9.17) is 37.0 Å². The van der Waals surface area contributed by atoms with E-state index in [0.717, 1.165) is 186 Å². The second kappa shape index (κ2) is 73.5. The van der Waals surface area contributed by atoms with Crippen molar-refractivity contribution in [1.29, 1.82) is 0 Å². The summed E-state index contributed by atoms with van der Waals surface area (Å²) in [6.45, 7) is 4.78. The van der Waals surface area contributed by atoms with Crippen LogP contribution in [0.5, 0.6) is 0 Å². The van der Waals surface area contributed by atoms with Gasteiger partial charge in [-0.3, -0.25) is 37.3 Å². The lowest BCUT2D eigenvalue weighted by Gasteiger charge is -2.21. The number of phosphoric ester groups is 2. The van der Waals surface area contributed by atoms with Crippen molar-refractivity contribution < 1.29 is 80.2 Å². The first-order valence-electron chi connectivity index (χ1n) is 39.8. The molecule has 580 valence electrons. The number of rotatable bonds is 75. The topological polar surface area (TPSA) is 237 Å². The van der Waals surface area contributed by atoms with Gasteiger partial charge in [-0.25, -0.2) is 9.13 Å².